The Kier molecular flexibility index (Phi) is 4.96. The normalized spacial score (nSPS) is 10.7. The summed E-state index contributed by atoms with van der Waals surface area (Å²) in [6.45, 7) is 6.10. The van der Waals surface area contributed by atoms with Crippen molar-refractivity contribution in [2.24, 2.45) is 0 Å². The van der Waals surface area contributed by atoms with Crippen molar-refractivity contribution in [1.82, 2.24) is 10.6 Å². The Morgan fingerprint density at radius 1 is 0.950 bits per heavy atom. The first-order valence-electron chi connectivity index (χ1n) is 6.21. The molecule has 0 heterocycles. The van der Waals surface area contributed by atoms with E-state index < -0.39 is 12.2 Å². The highest BCUT2D eigenvalue weighted by molar-refractivity contribution is 5.74. The Morgan fingerprint density at radius 3 is 1.90 bits per heavy atom. The predicted octanol–water partition coefficient (Wildman–Crippen LogP) is 2.42. The Hall–Kier alpha value is -2.24. The van der Waals surface area contributed by atoms with Gasteiger partial charge in [-0.15, -0.1) is 0 Å². The third-order valence-corrected chi connectivity index (χ3v) is 2.62. The molecule has 0 aliphatic carbocycles. The fourth-order valence-electron chi connectivity index (χ4n) is 1.44. The zero-order valence-corrected chi connectivity index (χ0v) is 12.4. The van der Waals surface area contributed by atoms with Gasteiger partial charge in [-0.2, -0.15) is 0 Å². The van der Waals surface area contributed by atoms with Gasteiger partial charge in [-0.3, -0.25) is 0 Å². The second kappa shape index (κ2) is 6.27. The number of benzene rings is 1. The highest BCUT2D eigenvalue weighted by Gasteiger charge is 2.19. The number of carbonyl (C=O) groups excluding carboxylic acids is 2. The molecule has 0 spiro atoms. The molecular weight excluding hydrogens is 260 g/mol. The van der Waals surface area contributed by atoms with E-state index in [9.17, 15) is 9.59 Å². The number of hydrogen-bond acceptors (Lipinski definition) is 4. The quantitative estimate of drug-likeness (QED) is 0.872. The van der Waals surface area contributed by atoms with E-state index in [2.05, 4.69) is 10.6 Å². The van der Waals surface area contributed by atoms with E-state index >= 15 is 0 Å². The SMILES string of the molecule is CNC(=O)Oc1ccc(C(C)(C)C)cc1OC(=O)NC. The minimum absolute atomic E-state index is 0.119. The van der Waals surface area contributed by atoms with Gasteiger partial charge < -0.3 is 20.1 Å². The molecule has 0 radical (unpaired) electrons. The van der Waals surface area contributed by atoms with Crippen LogP contribution in [0.15, 0.2) is 18.2 Å². The van der Waals surface area contributed by atoms with Crippen LogP contribution in [0.1, 0.15) is 26.3 Å². The molecule has 0 aromatic heterocycles. The van der Waals surface area contributed by atoms with E-state index in [1.165, 1.54) is 14.1 Å². The van der Waals surface area contributed by atoms with Crippen LogP contribution in [-0.2, 0) is 5.41 Å². The molecule has 6 heteroatoms. The summed E-state index contributed by atoms with van der Waals surface area (Å²) >= 11 is 0. The van der Waals surface area contributed by atoms with Crippen LogP contribution in [0.5, 0.6) is 11.5 Å². The molecule has 110 valence electrons. The molecule has 0 bridgehead atoms. The number of hydrogen-bond donors (Lipinski definition) is 2. The molecule has 0 atom stereocenters. The number of carbonyl (C=O) groups is 2. The van der Waals surface area contributed by atoms with E-state index in [0.717, 1.165) is 5.56 Å². The van der Waals surface area contributed by atoms with Crippen molar-refractivity contribution in [3.05, 3.63) is 23.8 Å². The van der Waals surface area contributed by atoms with Crippen LogP contribution < -0.4 is 20.1 Å². The molecule has 20 heavy (non-hydrogen) atoms. The summed E-state index contributed by atoms with van der Waals surface area (Å²) < 4.78 is 10.2. The van der Waals surface area contributed by atoms with Gasteiger partial charge in [-0.05, 0) is 23.1 Å². The van der Waals surface area contributed by atoms with Crippen molar-refractivity contribution in [3.63, 3.8) is 0 Å². The second-order valence-electron chi connectivity index (χ2n) is 5.19. The molecular formula is C14H20N2O4. The lowest BCUT2D eigenvalue weighted by atomic mass is 9.87. The van der Waals surface area contributed by atoms with Crippen molar-refractivity contribution in [2.75, 3.05) is 14.1 Å². The van der Waals surface area contributed by atoms with E-state index in [1.807, 2.05) is 26.8 Å². The van der Waals surface area contributed by atoms with E-state index in [4.69, 9.17) is 9.47 Å². The van der Waals surface area contributed by atoms with Gasteiger partial charge in [0, 0.05) is 14.1 Å². The highest BCUT2D eigenvalue weighted by atomic mass is 16.6. The molecule has 0 saturated heterocycles. The number of rotatable bonds is 2. The average molecular weight is 280 g/mol. The summed E-state index contributed by atoms with van der Waals surface area (Å²) in [5.41, 5.74) is 0.840. The molecule has 1 aromatic rings. The van der Waals surface area contributed by atoms with Crippen molar-refractivity contribution in [1.29, 1.82) is 0 Å². The lowest BCUT2D eigenvalue weighted by Gasteiger charge is -2.20. The first-order valence-corrected chi connectivity index (χ1v) is 6.21. The molecule has 0 aliphatic rings. The first kappa shape index (κ1) is 15.8. The molecule has 0 aliphatic heterocycles. The van der Waals surface area contributed by atoms with Crippen LogP contribution in [0.4, 0.5) is 9.59 Å². The Morgan fingerprint density at radius 2 is 1.45 bits per heavy atom. The Balaban J connectivity index is 3.16. The summed E-state index contributed by atoms with van der Waals surface area (Å²) in [7, 11) is 2.90. The number of nitrogens with one attached hydrogen (secondary N) is 2. The fourth-order valence-corrected chi connectivity index (χ4v) is 1.44. The summed E-state index contributed by atoms with van der Waals surface area (Å²) in [4.78, 5) is 22.6. The lowest BCUT2D eigenvalue weighted by Crippen LogP contribution is -2.25. The van der Waals surface area contributed by atoms with Gasteiger partial charge in [0.15, 0.2) is 11.5 Å². The minimum Gasteiger partial charge on any atom is -0.406 e. The molecule has 2 amide bonds. The molecule has 1 rings (SSSR count). The van der Waals surface area contributed by atoms with Gasteiger partial charge in [0.2, 0.25) is 0 Å². The van der Waals surface area contributed by atoms with Crippen LogP contribution in [0.2, 0.25) is 0 Å². The predicted molar refractivity (Wildman–Crippen MR) is 75.3 cm³/mol. The maximum atomic E-state index is 11.4. The maximum Gasteiger partial charge on any atom is 0.412 e. The van der Waals surface area contributed by atoms with Crippen LogP contribution in [0, 0.1) is 0 Å². The average Bonchev–Trinajstić information content (AvgIpc) is 2.39. The summed E-state index contributed by atoms with van der Waals surface area (Å²) in [6.07, 6.45) is -1.26. The number of amides is 2. The van der Waals surface area contributed by atoms with Crippen LogP contribution in [-0.4, -0.2) is 26.3 Å². The second-order valence-corrected chi connectivity index (χ2v) is 5.19. The van der Waals surface area contributed by atoms with E-state index in [1.54, 1.807) is 12.1 Å². The summed E-state index contributed by atoms with van der Waals surface area (Å²) in [5.74, 6) is 0.376. The molecule has 0 unspecified atom stereocenters. The lowest BCUT2D eigenvalue weighted by molar-refractivity contribution is 0.192. The van der Waals surface area contributed by atoms with Crippen LogP contribution in [0.25, 0.3) is 0 Å². The Bertz CT molecular complexity index is 506. The summed E-state index contributed by atoms with van der Waals surface area (Å²) in [6, 6.07) is 5.12. The zero-order valence-electron chi connectivity index (χ0n) is 12.4. The zero-order chi connectivity index (χ0) is 15.3. The molecule has 1 aromatic carbocycles. The van der Waals surface area contributed by atoms with Crippen molar-refractivity contribution >= 4 is 12.2 Å². The van der Waals surface area contributed by atoms with Gasteiger partial charge in [0.05, 0.1) is 0 Å². The van der Waals surface area contributed by atoms with Gasteiger partial charge in [-0.25, -0.2) is 9.59 Å². The van der Waals surface area contributed by atoms with Crippen molar-refractivity contribution < 1.29 is 19.1 Å². The van der Waals surface area contributed by atoms with Crippen LogP contribution >= 0.6 is 0 Å². The molecule has 0 fully saturated rings. The van der Waals surface area contributed by atoms with Crippen molar-refractivity contribution in [3.8, 4) is 11.5 Å². The van der Waals surface area contributed by atoms with E-state index in [0.29, 0.717) is 0 Å². The largest absolute Gasteiger partial charge is 0.412 e. The maximum absolute atomic E-state index is 11.4. The third kappa shape index (κ3) is 4.15. The summed E-state index contributed by atoms with van der Waals surface area (Å²) in [5, 5.41) is 4.68. The number of ether oxygens (including phenoxy) is 2. The topological polar surface area (TPSA) is 76.7 Å². The minimum atomic E-state index is -0.629. The molecule has 2 N–H and O–H groups in total. The molecule has 6 nitrogen and oxygen atoms in total. The van der Waals surface area contributed by atoms with Gasteiger partial charge in [-0.1, -0.05) is 26.8 Å². The van der Waals surface area contributed by atoms with Gasteiger partial charge in [0.1, 0.15) is 0 Å². The van der Waals surface area contributed by atoms with Crippen molar-refractivity contribution in [2.45, 2.75) is 26.2 Å². The third-order valence-electron chi connectivity index (χ3n) is 2.62. The van der Waals surface area contributed by atoms with Gasteiger partial charge in [0.25, 0.3) is 0 Å². The highest BCUT2D eigenvalue weighted by Crippen LogP contribution is 2.33. The van der Waals surface area contributed by atoms with Gasteiger partial charge >= 0.3 is 12.2 Å². The molecule has 0 saturated carbocycles. The fraction of sp³-hybridized carbons (Fsp3) is 0.429. The van der Waals surface area contributed by atoms with E-state index in [-0.39, 0.29) is 16.9 Å². The Labute approximate surface area is 118 Å². The first-order chi connectivity index (χ1) is 9.27. The smallest absolute Gasteiger partial charge is 0.406 e. The monoisotopic (exact) mass is 280 g/mol. The standard InChI is InChI=1S/C14H20N2O4/c1-14(2,3)9-6-7-10(19-12(17)15-4)11(8-9)20-13(18)16-5/h6-8H,1-5H3,(H,15,17)(H,16,18). The van der Waals surface area contributed by atoms with Crippen LogP contribution in [0.3, 0.4) is 0 Å².